The van der Waals surface area contributed by atoms with E-state index in [-0.39, 0.29) is 0 Å². The van der Waals surface area contributed by atoms with Gasteiger partial charge in [0.15, 0.2) is 0 Å². The molecule has 0 N–H and O–H groups in total. The Balaban J connectivity index is 3.68. The van der Waals surface area contributed by atoms with Crippen LogP contribution in [-0.4, -0.2) is 0 Å². The molecule has 0 bridgehead atoms. The molecule has 18 heavy (non-hydrogen) atoms. The molecule has 0 atom stereocenters. The zero-order valence-corrected chi connectivity index (χ0v) is 9.21. The second-order valence-electron chi connectivity index (χ2n) is 3.29. The van der Waals surface area contributed by atoms with Crippen LogP contribution in [0.1, 0.15) is 22.3 Å². The maximum absolute atomic E-state index is 12.6. The monoisotopic (exact) mass is 287 g/mol. The van der Waals surface area contributed by atoms with Crippen LogP contribution < -0.4 is 0 Å². The first kappa shape index (κ1) is 14.6. The van der Waals surface area contributed by atoms with Crippen molar-refractivity contribution in [3.8, 4) is 6.07 Å². The summed E-state index contributed by atoms with van der Waals surface area (Å²) in [6.45, 7) is 0. The SMILES string of the molecule is N#Cc1cc(C(F)(F)F)c(CCl)c(C(F)(F)F)c1. The lowest BCUT2D eigenvalue weighted by Crippen LogP contribution is -2.16. The van der Waals surface area contributed by atoms with Gasteiger partial charge in [-0.15, -0.1) is 11.6 Å². The molecule has 0 aliphatic rings. The van der Waals surface area contributed by atoms with Crippen LogP contribution in [0.4, 0.5) is 26.3 Å². The minimum atomic E-state index is -5.00. The van der Waals surface area contributed by atoms with Gasteiger partial charge < -0.3 is 0 Å². The second-order valence-corrected chi connectivity index (χ2v) is 3.56. The third-order valence-electron chi connectivity index (χ3n) is 2.12. The second kappa shape index (κ2) is 4.69. The van der Waals surface area contributed by atoms with Crippen LogP contribution in [0, 0.1) is 11.3 Å². The molecule has 98 valence electrons. The predicted molar refractivity (Wildman–Crippen MR) is 50.7 cm³/mol. The average Bonchev–Trinajstić information content (AvgIpc) is 2.24. The molecular weight excluding hydrogens is 284 g/mol. The van der Waals surface area contributed by atoms with Gasteiger partial charge >= 0.3 is 12.4 Å². The lowest BCUT2D eigenvalue weighted by atomic mass is 9.98. The number of rotatable bonds is 1. The molecule has 0 fully saturated rings. The maximum atomic E-state index is 12.6. The molecule has 0 saturated heterocycles. The molecule has 1 aromatic rings. The van der Waals surface area contributed by atoms with E-state index in [1.54, 1.807) is 0 Å². The lowest BCUT2D eigenvalue weighted by Gasteiger charge is -2.17. The Bertz CT molecular complexity index is 462. The van der Waals surface area contributed by atoms with Gasteiger partial charge in [-0.05, 0) is 17.7 Å². The molecular formula is C10H4ClF6N. The topological polar surface area (TPSA) is 23.8 Å². The van der Waals surface area contributed by atoms with Gasteiger partial charge in [-0.2, -0.15) is 31.6 Å². The van der Waals surface area contributed by atoms with Crippen LogP contribution in [0.25, 0.3) is 0 Å². The van der Waals surface area contributed by atoms with Crippen molar-refractivity contribution in [2.24, 2.45) is 0 Å². The molecule has 1 rings (SSSR count). The zero-order chi connectivity index (χ0) is 14.1. The van der Waals surface area contributed by atoms with E-state index in [0.717, 1.165) is 0 Å². The number of alkyl halides is 7. The number of hydrogen-bond donors (Lipinski definition) is 0. The van der Waals surface area contributed by atoms with Crippen LogP contribution >= 0.6 is 11.6 Å². The predicted octanol–water partition coefficient (Wildman–Crippen LogP) is 4.33. The molecule has 0 spiro atoms. The van der Waals surface area contributed by atoms with Gasteiger partial charge in [0.1, 0.15) is 0 Å². The molecule has 0 radical (unpaired) electrons. The lowest BCUT2D eigenvalue weighted by molar-refractivity contribution is -0.144. The summed E-state index contributed by atoms with van der Waals surface area (Å²) in [6.07, 6.45) is -10.0. The Morgan fingerprint density at radius 3 is 1.61 bits per heavy atom. The Kier molecular flexibility index (Phi) is 3.81. The molecule has 0 aliphatic heterocycles. The third-order valence-corrected chi connectivity index (χ3v) is 2.39. The van der Waals surface area contributed by atoms with Crippen LogP contribution in [0.5, 0.6) is 0 Å². The van der Waals surface area contributed by atoms with Crippen molar-refractivity contribution in [3.05, 3.63) is 34.4 Å². The summed E-state index contributed by atoms with van der Waals surface area (Å²) >= 11 is 5.16. The Morgan fingerprint density at radius 1 is 1.00 bits per heavy atom. The maximum Gasteiger partial charge on any atom is 0.416 e. The molecule has 0 saturated carbocycles. The first-order valence-electron chi connectivity index (χ1n) is 4.38. The van der Waals surface area contributed by atoms with Crippen molar-refractivity contribution in [1.29, 1.82) is 5.26 Å². The van der Waals surface area contributed by atoms with Crippen LogP contribution in [0.2, 0.25) is 0 Å². The van der Waals surface area contributed by atoms with E-state index in [4.69, 9.17) is 16.9 Å². The summed E-state index contributed by atoms with van der Waals surface area (Å²) in [5.74, 6) is -0.949. The van der Waals surface area contributed by atoms with E-state index >= 15 is 0 Å². The van der Waals surface area contributed by atoms with Gasteiger partial charge in [0.2, 0.25) is 0 Å². The van der Waals surface area contributed by atoms with E-state index in [1.807, 2.05) is 0 Å². The van der Waals surface area contributed by atoms with Crippen molar-refractivity contribution in [2.45, 2.75) is 18.2 Å². The van der Waals surface area contributed by atoms with E-state index in [2.05, 4.69) is 0 Å². The first-order chi connectivity index (χ1) is 8.11. The average molecular weight is 288 g/mol. The van der Waals surface area contributed by atoms with Gasteiger partial charge in [0, 0.05) is 5.88 Å². The van der Waals surface area contributed by atoms with Crippen molar-refractivity contribution in [3.63, 3.8) is 0 Å². The van der Waals surface area contributed by atoms with Crippen molar-refractivity contribution in [2.75, 3.05) is 0 Å². The minimum Gasteiger partial charge on any atom is -0.192 e. The van der Waals surface area contributed by atoms with Crippen molar-refractivity contribution < 1.29 is 26.3 Å². The highest BCUT2D eigenvalue weighted by Crippen LogP contribution is 2.40. The molecule has 0 aliphatic carbocycles. The quantitative estimate of drug-likeness (QED) is 0.557. The molecule has 8 heteroatoms. The Hall–Kier alpha value is -1.42. The molecule has 0 amide bonds. The summed E-state index contributed by atoms with van der Waals surface area (Å²) in [4.78, 5) is 0. The van der Waals surface area contributed by atoms with E-state index in [0.29, 0.717) is 12.1 Å². The number of nitriles is 1. The largest absolute Gasteiger partial charge is 0.416 e. The fourth-order valence-electron chi connectivity index (χ4n) is 1.39. The van der Waals surface area contributed by atoms with Gasteiger partial charge in [-0.25, -0.2) is 0 Å². The van der Waals surface area contributed by atoms with Crippen molar-refractivity contribution >= 4 is 11.6 Å². The zero-order valence-electron chi connectivity index (χ0n) is 8.45. The Morgan fingerprint density at radius 2 is 1.39 bits per heavy atom. The van der Waals surface area contributed by atoms with Gasteiger partial charge in [-0.1, -0.05) is 0 Å². The molecule has 0 unspecified atom stereocenters. The molecule has 0 aromatic heterocycles. The molecule has 1 aromatic carbocycles. The summed E-state index contributed by atoms with van der Waals surface area (Å²) < 4.78 is 75.5. The number of hydrogen-bond acceptors (Lipinski definition) is 1. The van der Waals surface area contributed by atoms with Crippen molar-refractivity contribution in [1.82, 2.24) is 0 Å². The van der Waals surface area contributed by atoms with Gasteiger partial charge in [0.05, 0.1) is 22.8 Å². The highest BCUT2D eigenvalue weighted by molar-refractivity contribution is 6.17. The fraction of sp³-hybridized carbons (Fsp3) is 0.300. The van der Waals surface area contributed by atoms with Crippen LogP contribution in [0.15, 0.2) is 12.1 Å². The first-order valence-corrected chi connectivity index (χ1v) is 4.92. The third kappa shape index (κ3) is 2.88. The van der Waals surface area contributed by atoms with Gasteiger partial charge in [-0.3, -0.25) is 0 Å². The van der Waals surface area contributed by atoms with E-state index in [9.17, 15) is 26.3 Å². The number of benzene rings is 1. The normalized spacial score (nSPS) is 12.3. The summed E-state index contributed by atoms with van der Waals surface area (Å²) in [6, 6.07) is 1.97. The summed E-state index contributed by atoms with van der Waals surface area (Å²) in [7, 11) is 0. The summed E-state index contributed by atoms with van der Waals surface area (Å²) in [5, 5.41) is 8.46. The van der Waals surface area contributed by atoms with Crippen LogP contribution in [0.3, 0.4) is 0 Å². The van der Waals surface area contributed by atoms with Gasteiger partial charge in [0.25, 0.3) is 0 Å². The molecule has 1 nitrogen and oxygen atoms in total. The van der Waals surface area contributed by atoms with E-state index in [1.165, 1.54) is 6.07 Å². The molecule has 0 heterocycles. The highest BCUT2D eigenvalue weighted by Gasteiger charge is 2.40. The smallest absolute Gasteiger partial charge is 0.192 e. The number of nitrogens with zero attached hydrogens (tertiary/aromatic N) is 1. The van der Waals surface area contributed by atoms with E-state index < -0.39 is 40.5 Å². The summed E-state index contributed by atoms with van der Waals surface area (Å²) in [5.41, 5.74) is -4.87. The fourth-order valence-corrected chi connectivity index (χ4v) is 1.67. The minimum absolute atomic E-state index is 0.354. The highest BCUT2D eigenvalue weighted by atomic mass is 35.5. The number of halogens is 7. The standard InChI is InChI=1S/C10H4ClF6N/c11-3-6-7(9(12,13)14)1-5(4-18)2-8(6)10(15,16)17/h1-2H,3H2. The Labute approximate surface area is 103 Å². The van der Waals surface area contributed by atoms with Crippen LogP contribution in [-0.2, 0) is 18.2 Å².